The van der Waals surface area contributed by atoms with Crippen LogP contribution in [0, 0.1) is 0 Å². The van der Waals surface area contributed by atoms with Gasteiger partial charge in [-0.3, -0.25) is 4.79 Å². The lowest BCUT2D eigenvalue weighted by Crippen LogP contribution is -2.47. The molecule has 1 aliphatic heterocycles. The minimum absolute atomic E-state index is 0.151. The van der Waals surface area contributed by atoms with Crippen LogP contribution in [0.5, 0.6) is 5.75 Å². The summed E-state index contributed by atoms with van der Waals surface area (Å²) in [5.41, 5.74) is 0.717. The number of halogens is 1. The van der Waals surface area contributed by atoms with Crippen molar-refractivity contribution in [2.75, 3.05) is 7.11 Å². The lowest BCUT2D eigenvalue weighted by atomic mass is 9.97. The molecule has 1 aromatic carbocycles. The summed E-state index contributed by atoms with van der Waals surface area (Å²) in [7, 11) is 2.72. The van der Waals surface area contributed by atoms with Crippen molar-refractivity contribution in [3.05, 3.63) is 29.8 Å². The van der Waals surface area contributed by atoms with Crippen molar-refractivity contribution in [3.63, 3.8) is 0 Å². The Bertz CT molecular complexity index is 540. The third-order valence-electron chi connectivity index (χ3n) is 2.63. The molecule has 1 amide bonds. The van der Waals surface area contributed by atoms with E-state index in [9.17, 15) is 13.2 Å². The van der Waals surface area contributed by atoms with E-state index in [1.807, 2.05) is 0 Å². The number of ether oxygens (including phenoxy) is 1. The van der Waals surface area contributed by atoms with E-state index in [0.717, 1.165) is 5.56 Å². The van der Waals surface area contributed by atoms with Crippen molar-refractivity contribution < 1.29 is 17.9 Å². The van der Waals surface area contributed by atoms with Crippen molar-refractivity contribution in [1.82, 2.24) is 4.31 Å². The van der Waals surface area contributed by atoms with Crippen LogP contribution < -0.4 is 4.74 Å². The Hall–Kier alpha value is -1.27. The van der Waals surface area contributed by atoms with Crippen LogP contribution in [0.4, 0.5) is 0 Å². The van der Waals surface area contributed by atoms with Crippen LogP contribution >= 0.6 is 10.7 Å². The first-order chi connectivity index (χ1) is 7.93. The third kappa shape index (κ3) is 2.23. The van der Waals surface area contributed by atoms with Crippen LogP contribution in [0.1, 0.15) is 18.0 Å². The SMILES string of the molecule is COc1ccc(C2CC(=O)N2S(=O)(=O)Cl)cc1. The highest BCUT2D eigenvalue weighted by molar-refractivity contribution is 8.12. The second kappa shape index (κ2) is 4.19. The number of amides is 1. The largest absolute Gasteiger partial charge is 0.497 e. The second-order valence-corrected chi connectivity index (χ2v) is 6.01. The van der Waals surface area contributed by atoms with E-state index in [2.05, 4.69) is 0 Å². The Kier molecular flexibility index (Phi) is 3.01. The highest BCUT2D eigenvalue weighted by Crippen LogP contribution is 2.38. The zero-order valence-corrected chi connectivity index (χ0v) is 10.5. The fourth-order valence-corrected chi connectivity index (χ4v) is 3.09. The van der Waals surface area contributed by atoms with Crippen LogP contribution in [-0.4, -0.2) is 25.7 Å². The zero-order valence-electron chi connectivity index (χ0n) is 8.96. The molecular formula is C10H10ClNO4S. The minimum atomic E-state index is -4.00. The number of hydrogen-bond donors (Lipinski definition) is 0. The van der Waals surface area contributed by atoms with Gasteiger partial charge in [0, 0.05) is 10.7 Å². The predicted molar refractivity (Wildman–Crippen MR) is 62.0 cm³/mol. The van der Waals surface area contributed by atoms with Gasteiger partial charge in [-0.15, -0.1) is 0 Å². The fourth-order valence-electron chi connectivity index (χ4n) is 1.75. The number of methoxy groups -OCH3 is 1. The number of carbonyl (C=O) groups excluding carboxylic acids is 1. The number of carbonyl (C=O) groups is 1. The molecule has 0 N–H and O–H groups in total. The molecule has 7 heteroatoms. The molecule has 0 bridgehead atoms. The van der Waals surface area contributed by atoms with Crippen LogP contribution in [0.2, 0.25) is 0 Å². The van der Waals surface area contributed by atoms with Crippen molar-refractivity contribution in [2.24, 2.45) is 0 Å². The van der Waals surface area contributed by atoms with Crippen molar-refractivity contribution in [1.29, 1.82) is 0 Å². The van der Waals surface area contributed by atoms with Gasteiger partial charge in [0.15, 0.2) is 0 Å². The second-order valence-electron chi connectivity index (χ2n) is 3.62. The zero-order chi connectivity index (χ0) is 12.6. The number of nitrogens with zero attached hydrogens (tertiary/aromatic N) is 1. The van der Waals surface area contributed by atoms with Gasteiger partial charge in [0.2, 0.25) is 5.91 Å². The molecule has 2 rings (SSSR count). The van der Waals surface area contributed by atoms with Gasteiger partial charge in [0.05, 0.1) is 19.6 Å². The molecule has 1 aromatic rings. The molecule has 0 radical (unpaired) electrons. The third-order valence-corrected chi connectivity index (χ3v) is 4.01. The molecule has 92 valence electrons. The van der Waals surface area contributed by atoms with Gasteiger partial charge in [0.1, 0.15) is 5.75 Å². The molecule has 1 atom stereocenters. The van der Waals surface area contributed by atoms with E-state index in [0.29, 0.717) is 10.1 Å². The van der Waals surface area contributed by atoms with E-state index >= 15 is 0 Å². The highest BCUT2D eigenvalue weighted by atomic mass is 35.7. The van der Waals surface area contributed by atoms with E-state index in [-0.39, 0.29) is 6.42 Å². The van der Waals surface area contributed by atoms with Gasteiger partial charge in [-0.1, -0.05) is 12.1 Å². The molecule has 1 aliphatic rings. The van der Waals surface area contributed by atoms with Gasteiger partial charge in [0.25, 0.3) is 0 Å². The number of β-lactam (4-membered cyclic amide) rings is 1. The molecule has 5 nitrogen and oxygen atoms in total. The molecule has 1 saturated heterocycles. The fraction of sp³-hybridized carbons (Fsp3) is 0.300. The molecule has 0 spiro atoms. The molecule has 0 aromatic heterocycles. The first-order valence-corrected chi connectivity index (χ1v) is 7.11. The smallest absolute Gasteiger partial charge is 0.324 e. The van der Waals surface area contributed by atoms with E-state index in [4.69, 9.17) is 15.4 Å². The van der Waals surface area contributed by atoms with E-state index in [1.54, 1.807) is 24.3 Å². The van der Waals surface area contributed by atoms with E-state index in [1.165, 1.54) is 7.11 Å². The summed E-state index contributed by atoms with van der Waals surface area (Å²) in [5, 5.41) is 0. The summed E-state index contributed by atoms with van der Waals surface area (Å²) in [6.45, 7) is 0. The van der Waals surface area contributed by atoms with Gasteiger partial charge in [-0.05, 0) is 17.7 Å². The van der Waals surface area contributed by atoms with Gasteiger partial charge < -0.3 is 4.74 Å². The van der Waals surface area contributed by atoms with Gasteiger partial charge >= 0.3 is 9.24 Å². The molecule has 1 heterocycles. The average molecular weight is 276 g/mol. The van der Waals surface area contributed by atoms with Crippen molar-refractivity contribution in [3.8, 4) is 5.75 Å². The maximum absolute atomic E-state index is 11.2. The number of benzene rings is 1. The van der Waals surface area contributed by atoms with Gasteiger partial charge in [-0.25, -0.2) is 4.31 Å². The van der Waals surface area contributed by atoms with Crippen molar-refractivity contribution in [2.45, 2.75) is 12.5 Å². The molecule has 1 fully saturated rings. The topological polar surface area (TPSA) is 63.7 Å². The minimum Gasteiger partial charge on any atom is -0.497 e. The summed E-state index contributed by atoms with van der Waals surface area (Å²) in [6.07, 6.45) is 0.151. The quantitative estimate of drug-likeness (QED) is 0.619. The van der Waals surface area contributed by atoms with Crippen LogP contribution in [-0.2, 0) is 14.0 Å². The number of hydrogen-bond acceptors (Lipinski definition) is 4. The standard InChI is InChI=1S/C10H10ClNO4S/c1-16-8-4-2-7(3-5-8)9-6-10(13)12(9)17(11,14)15/h2-5,9H,6H2,1H3. The van der Waals surface area contributed by atoms with E-state index < -0.39 is 21.2 Å². The summed E-state index contributed by atoms with van der Waals surface area (Å²) < 4.78 is 28.0. The van der Waals surface area contributed by atoms with Crippen molar-refractivity contribution >= 4 is 25.8 Å². The Morgan fingerprint density at radius 2 is 1.94 bits per heavy atom. The summed E-state index contributed by atoms with van der Waals surface area (Å²) in [5.74, 6) is 0.181. The molecule has 0 saturated carbocycles. The Morgan fingerprint density at radius 3 is 2.35 bits per heavy atom. The van der Waals surface area contributed by atoms with Gasteiger partial charge in [-0.2, -0.15) is 8.42 Å². The molecule has 17 heavy (non-hydrogen) atoms. The normalized spacial score (nSPS) is 20.0. The molecule has 0 aliphatic carbocycles. The lowest BCUT2D eigenvalue weighted by Gasteiger charge is -2.37. The summed E-state index contributed by atoms with van der Waals surface area (Å²) in [6, 6.07) is 6.33. The summed E-state index contributed by atoms with van der Waals surface area (Å²) >= 11 is 0. The monoisotopic (exact) mass is 275 g/mol. The van der Waals surface area contributed by atoms with Crippen LogP contribution in [0.3, 0.4) is 0 Å². The summed E-state index contributed by atoms with van der Waals surface area (Å²) in [4.78, 5) is 11.2. The Labute approximate surface area is 103 Å². The first kappa shape index (κ1) is 12.2. The molecular weight excluding hydrogens is 266 g/mol. The highest BCUT2D eigenvalue weighted by Gasteiger charge is 2.44. The maximum Gasteiger partial charge on any atom is 0.324 e. The Morgan fingerprint density at radius 1 is 1.35 bits per heavy atom. The number of rotatable bonds is 3. The average Bonchev–Trinajstić information content (AvgIpc) is 2.23. The maximum atomic E-state index is 11.2. The first-order valence-electron chi connectivity index (χ1n) is 4.84. The van der Waals surface area contributed by atoms with Crippen LogP contribution in [0.25, 0.3) is 0 Å². The lowest BCUT2D eigenvalue weighted by molar-refractivity contribution is -0.137. The van der Waals surface area contributed by atoms with Crippen LogP contribution in [0.15, 0.2) is 24.3 Å². The Balaban J connectivity index is 2.26. The predicted octanol–water partition coefficient (Wildman–Crippen LogP) is 1.45. The molecule has 1 unspecified atom stereocenters.